The van der Waals surface area contributed by atoms with Crippen LogP contribution in [0.25, 0.3) is 0 Å². The van der Waals surface area contributed by atoms with Crippen molar-refractivity contribution in [1.29, 1.82) is 0 Å². The molecular formula is C11H15NOS. The lowest BCUT2D eigenvalue weighted by molar-refractivity contribution is 0.112. The van der Waals surface area contributed by atoms with E-state index in [4.69, 9.17) is 0 Å². The summed E-state index contributed by atoms with van der Waals surface area (Å²) < 4.78 is 0. The van der Waals surface area contributed by atoms with E-state index in [0.29, 0.717) is 0 Å². The van der Waals surface area contributed by atoms with Gasteiger partial charge in [-0.15, -0.1) is 11.3 Å². The standard InChI is InChI=1S/C11H15NOS/c1-9-4-6-12(7-5-9)11-3-2-10(8-13)14-11/h2-3,8-9H,4-7H2,1H3. The summed E-state index contributed by atoms with van der Waals surface area (Å²) in [6, 6.07) is 3.97. The van der Waals surface area contributed by atoms with Gasteiger partial charge in [0.2, 0.25) is 0 Å². The van der Waals surface area contributed by atoms with Gasteiger partial charge in [-0.1, -0.05) is 6.92 Å². The van der Waals surface area contributed by atoms with Gasteiger partial charge < -0.3 is 4.90 Å². The molecule has 0 spiro atoms. The van der Waals surface area contributed by atoms with Crippen LogP contribution in [-0.4, -0.2) is 19.4 Å². The van der Waals surface area contributed by atoms with Crippen LogP contribution < -0.4 is 4.90 Å². The first-order valence-corrected chi connectivity index (χ1v) is 5.91. The maximum absolute atomic E-state index is 10.5. The van der Waals surface area contributed by atoms with Gasteiger partial charge in [0.1, 0.15) is 0 Å². The molecule has 1 aromatic heterocycles. The number of hydrogen-bond acceptors (Lipinski definition) is 3. The maximum Gasteiger partial charge on any atom is 0.160 e. The predicted octanol–water partition coefficient (Wildman–Crippen LogP) is 2.80. The third-order valence-electron chi connectivity index (χ3n) is 2.82. The smallest absolute Gasteiger partial charge is 0.160 e. The lowest BCUT2D eigenvalue weighted by atomic mass is 10.00. The van der Waals surface area contributed by atoms with Crippen LogP contribution in [0.1, 0.15) is 29.4 Å². The quantitative estimate of drug-likeness (QED) is 0.698. The highest BCUT2D eigenvalue weighted by molar-refractivity contribution is 7.17. The minimum Gasteiger partial charge on any atom is -0.363 e. The average Bonchev–Trinajstić information content (AvgIpc) is 2.67. The highest BCUT2D eigenvalue weighted by Crippen LogP contribution is 2.28. The number of rotatable bonds is 2. The third kappa shape index (κ3) is 1.98. The molecule has 2 heterocycles. The number of nitrogens with zero attached hydrogens (tertiary/aromatic N) is 1. The molecule has 0 atom stereocenters. The van der Waals surface area contributed by atoms with Crippen molar-refractivity contribution >= 4 is 22.6 Å². The second kappa shape index (κ2) is 4.13. The molecule has 1 fully saturated rings. The number of hydrogen-bond donors (Lipinski definition) is 0. The number of carbonyl (C=O) groups excluding carboxylic acids is 1. The fourth-order valence-corrected chi connectivity index (χ4v) is 2.68. The van der Waals surface area contributed by atoms with Crippen LogP contribution in [0.4, 0.5) is 5.00 Å². The zero-order valence-corrected chi connectivity index (χ0v) is 9.22. The maximum atomic E-state index is 10.5. The monoisotopic (exact) mass is 209 g/mol. The van der Waals surface area contributed by atoms with Crippen molar-refractivity contribution in [2.45, 2.75) is 19.8 Å². The molecule has 0 aliphatic carbocycles. The van der Waals surface area contributed by atoms with Crippen LogP contribution in [0.2, 0.25) is 0 Å². The van der Waals surface area contributed by atoms with Crippen molar-refractivity contribution in [1.82, 2.24) is 0 Å². The SMILES string of the molecule is CC1CCN(c2ccc(C=O)s2)CC1. The molecule has 1 aromatic rings. The van der Waals surface area contributed by atoms with Crippen LogP contribution in [0, 0.1) is 5.92 Å². The summed E-state index contributed by atoms with van der Waals surface area (Å²) in [7, 11) is 0. The molecule has 0 bridgehead atoms. The largest absolute Gasteiger partial charge is 0.363 e. The molecule has 0 N–H and O–H groups in total. The van der Waals surface area contributed by atoms with Crippen LogP contribution in [0.15, 0.2) is 12.1 Å². The van der Waals surface area contributed by atoms with E-state index in [0.717, 1.165) is 30.2 Å². The molecule has 1 saturated heterocycles. The van der Waals surface area contributed by atoms with Crippen LogP contribution >= 0.6 is 11.3 Å². The number of anilines is 1. The second-order valence-electron chi connectivity index (χ2n) is 3.96. The molecule has 76 valence electrons. The van der Waals surface area contributed by atoms with E-state index in [1.54, 1.807) is 11.3 Å². The van der Waals surface area contributed by atoms with Crippen molar-refractivity contribution in [3.05, 3.63) is 17.0 Å². The van der Waals surface area contributed by atoms with E-state index < -0.39 is 0 Å². The van der Waals surface area contributed by atoms with Gasteiger partial charge in [0, 0.05) is 13.1 Å². The number of carbonyl (C=O) groups is 1. The Balaban J connectivity index is 2.04. The van der Waals surface area contributed by atoms with E-state index in [-0.39, 0.29) is 0 Å². The predicted molar refractivity (Wildman–Crippen MR) is 60.3 cm³/mol. The Hall–Kier alpha value is -0.830. The minimum absolute atomic E-state index is 0.832. The third-order valence-corrected chi connectivity index (χ3v) is 3.90. The molecule has 1 aliphatic rings. The zero-order valence-electron chi connectivity index (χ0n) is 8.40. The molecule has 0 saturated carbocycles. The van der Waals surface area contributed by atoms with Gasteiger partial charge in [0.25, 0.3) is 0 Å². The molecule has 3 heteroatoms. The van der Waals surface area contributed by atoms with Crippen LogP contribution in [0.5, 0.6) is 0 Å². The first kappa shape index (κ1) is 9.71. The molecule has 2 nitrogen and oxygen atoms in total. The van der Waals surface area contributed by atoms with Crippen molar-refractivity contribution in [3.8, 4) is 0 Å². The summed E-state index contributed by atoms with van der Waals surface area (Å²) in [4.78, 5) is 13.8. The molecule has 0 unspecified atom stereocenters. The Morgan fingerprint density at radius 1 is 1.43 bits per heavy atom. The lowest BCUT2D eigenvalue weighted by Crippen LogP contribution is -2.32. The molecule has 0 radical (unpaired) electrons. The second-order valence-corrected chi connectivity index (χ2v) is 5.06. The van der Waals surface area contributed by atoms with Gasteiger partial charge in [0.05, 0.1) is 9.88 Å². The van der Waals surface area contributed by atoms with Gasteiger partial charge >= 0.3 is 0 Å². The van der Waals surface area contributed by atoms with E-state index in [9.17, 15) is 4.79 Å². The van der Waals surface area contributed by atoms with Gasteiger partial charge in [-0.05, 0) is 30.9 Å². The first-order valence-electron chi connectivity index (χ1n) is 5.09. The van der Waals surface area contributed by atoms with Gasteiger partial charge in [-0.3, -0.25) is 4.79 Å². The summed E-state index contributed by atoms with van der Waals surface area (Å²) in [6.45, 7) is 4.59. The average molecular weight is 209 g/mol. The van der Waals surface area contributed by atoms with Gasteiger partial charge in [-0.2, -0.15) is 0 Å². The Morgan fingerprint density at radius 3 is 2.71 bits per heavy atom. The molecular weight excluding hydrogens is 194 g/mol. The van der Waals surface area contributed by atoms with E-state index in [1.807, 2.05) is 6.07 Å². The van der Waals surface area contributed by atoms with Crippen LogP contribution in [-0.2, 0) is 0 Å². The van der Waals surface area contributed by atoms with Crippen molar-refractivity contribution in [2.24, 2.45) is 5.92 Å². The number of aldehydes is 1. The topological polar surface area (TPSA) is 20.3 Å². The highest BCUT2D eigenvalue weighted by Gasteiger charge is 2.16. The van der Waals surface area contributed by atoms with Gasteiger partial charge in [-0.25, -0.2) is 0 Å². The van der Waals surface area contributed by atoms with Crippen molar-refractivity contribution in [3.63, 3.8) is 0 Å². The fourth-order valence-electron chi connectivity index (χ4n) is 1.80. The Bertz CT molecular complexity index is 313. The molecule has 2 rings (SSSR count). The number of piperidine rings is 1. The molecule has 0 aromatic carbocycles. The van der Waals surface area contributed by atoms with Gasteiger partial charge in [0.15, 0.2) is 6.29 Å². The van der Waals surface area contributed by atoms with E-state index in [2.05, 4.69) is 17.9 Å². The molecule has 0 amide bonds. The normalized spacial score (nSPS) is 18.5. The van der Waals surface area contributed by atoms with Crippen molar-refractivity contribution < 1.29 is 4.79 Å². The van der Waals surface area contributed by atoms with E-state index in [1.165, 1.54) is 17.8 Å². The summed E-state index contributed by atoms with van der Waals surface area (Å²) in [6.07, 6.45) is 3.48. The molecule has 1 aliphatic heterocycles. The summed E-state index contributed by atoms with van der Waals surface area (Å²) in [5, 5.41) is 1.25. The summed E-state index contributed by atoms with van der Waals surface area (Å²) >= 11 is 1.60. The zero-order chi connectivity index (χ0) is 9.97. The summed E-state index contributed by atoms with van der Waals surface area (Å²) in [5.41, 5.74) is 0. The Morgan fingerprint density at radius 2 is 2.14 bits per heavy atom. The Kier molecular flexibility index (Phi) is 2.87. The van der Waals surface area contributed by atoms with Crippen molar-refractivity contribution in [2.75, 3.05) is 18.0 Å². The number of thiophene rings is 1. The Labute approximate surface area is 88.5 Å². The highest BCUT2D eigenvalue weighted by atomic mass is 32.1. The fraction of sp³-hybridized carbons (Fsp3) is 0.545. The first-order chi connectivity index (χ1) is 6.79. The lowest BCUT2D eigenvalue weighted by Gasteiger charge is -2.30. The van der Waals surface area contributed by atoms with E-state index >= 15 is 0 Å². The molecule has 14 heavy (non-hydrogen) atoms. The van der Waals surface area contributed by atoms with Crippen LogP contribution in [0.3, 0.4) is 0 Å². The summed E-state index contributed by atoms with van der Waals surface area (Å²) in [5.74, 6) is 0.858. The minimum atomic E-state index is 0.832.